The Hall–Kier alpha value is -0.380. The Bertz CT molecular complexity index is 138. The number of hydrogen-bond acceptors (Lipinski definition) is 2. The molecular formula is C8H18NO2+. The van der Waals surface area contributed by atoms with E-state index in [1.165, 1.54) is 0 Å². The average Bonchev–Trinajstić information content (AvgIpc) is 1.80. The van der Waals surface area contributed by atoms with E-state index in [0.717, 1.165) is 16.6 Å². The summed E-state index contributed by atoms with van der Waals surface area (Å²) in [7, 11) is 6.11. The summed E-state index contributed by atoms with van der Waals surface area (Å²) in [5, 5.41) is 8.49. The summed E-state index contributed by atoms with van der Waals surface area (Å²) in [5.74, 6) is 0. The third kappa shape index (κ3) is 4.95. The SMILES string of the molecule is C=C(C)C(C[N+](C)(C)C)OO. The molecule has 0 rings (SSSR count). The van der Waals surface area contributed by atoms with Gasteiger partial charge in [0.1, 0.15) is 6.54 Å². The molecule has 0 amide bonds. The van der Waals surface area contributed by atoms with E-state index in [9.17, 15) is 0 Å². The Morgan fingerprint density at radius 2 is 2.00 bits per heavy atom. The predicted octanol–water partition coefficient (Wildman–Crippen LogP) is 1.13. The molecule has 0 aliphatic heterocycles. The third-order valence-corrected chi connectivity index (χ3v) is 1.39. The molecule has 0 spiro atoms. The molecule has 0 saturated heterocycles. The van der Waals surface area contributed by atoms with E-state index in [1.54, 1.807) is 0 Å². The first-order chi connectivity index (χ1) is 4.87. The van der Waals surface area contributed by atoms with Crippen molar-refractivity contribution in [1.82, 2.24) is 0 Å². The lowest BCUT2D eigenvalue weighted by atomic mass is 10.2. The van der Waals surface area contributed by atoms with Crippen LogP contribution in [0.3, 0.4) is 0 Å². The molecule has 0 saturated carbocycles. The molecule has 1 atom stereocenters. The van der Waals surface area contributed by atoms with Crippen molar-refractivity contribution in [3.8, 4) is 0 Å². The second-order valence-corrected chi connectivity index (χ2v) is 3.91. The zero-order valence-electron chi connectivity index (χ0n) is 7.79. The summed E-state index contributed by atoms with van der Waals surface area (Å²) in [6.45, 7) is 6.29. The van der Waals surface area contributed by atoms with Gasteiger partial charge >= 0.3 is 0 Å². The highest BCUT2D eigenvalue weighted by molar-refractivity contribution is 4.97. The second kappa shape index (κ2) is 3.85. The van der Waals surface area contributed by atoms with Crippen molar-refractivity contribution in [3.63, 3.8) is 0 Å². The molecule has 0 heterocycles. The first-order valence-corrected chi connectivity index (χ1v) is 3.63. The zero-order valence-corrected chi connectivity index (χ0v) is 7.79. The maximum Gasteiger partial charge on any atom is 0.162 e. The topological polar surface area (TPSA) is 29.5 Å². The number of hydrogen-bond donors (Lipinski definition) is 1. The largest absolute Gasteiger partial charge is 0.328 e. The van der Waals surface area contributed by atoms with Crippen LogP contribution in [0.2, 0.25) is 0 Å². The summed E-state index contributed by atoms with van der Waals surface area (Å²) < 4.78 is 0.748. The lowest BCUT2D eigenvalue weighted by Crippen LogP contribution is -2.42. The molecule has 0 radical (unpaired) electrons. The summed E-state index contributed by atoms with van der Waals surface area (Å²) in [6, 6.07) is 0. The van der Waals surface area contributed by atoms with Crippen LogP contribution in [0.1, 0.15) is 6.92 Å². The Morgan fingerprint density at radius 1 is 1.55 bits per heavy atom. The highest BCUT2D eigenvalue weighted by atomic mass is 17.1. The summed E-state index contributed by atoms with van der Waals surface area (Å²) in [6.07, 6.45) is -0.255. The number of nitrogens with zero attached hydrogens (tertiary/aromatic N) is 1. The number of rotatable bonds is 4. The molecule has 0 aliphatic rings. The standard InChI is InChI=1S/C8H17NO2/c1-7(2)8(11-10)6-9(3,4)5/h8H,1,6H2,2-5H3/p+1. The van der Waals surface area contributed by atoms with E-state index in [0.29, 0.717) is 0 Å². The monoisotopic (exact) mass is 160 g/mol. The molecular weight excluding hydrogens is 142 g/mol. The molecule has 0 aromatic heterocycles. The number of likely N-dealkylation sites (N-methyl/N-ethyl adjacent to an activating group) is 1. The van der Waals surface area contributed by atoms with Crippen LogP contribution < -0.4 is 0 Å². The van der Waals surface area contributed by atoms with Crippen molar-refractivity contribution < 1.29 is 14.6 Å². The van der Waals surface area contributed by atoms with Gasteiger partial charge in [0, 0.05) is 0 Å². The zero-order chi connectivity index (χ0) is 9.07. The minimum absolute atomic E-state index is 0.255. The van der Waals surface area contributed by atoms with Crippen LogP contribution in [0.25, 0.3) is 0 Å². The van der Waals surface area contributed by atoms with Crippen molar-refractivity contribution in [1.29, 1.82) is 0 Å². The van der Waals surface area contributed by atoms with Gasteiger partial charge in [0.05, 0.1) is 21.1 Å². The summed E-state index contributed by atoms with van der Waals surface area (Å²) in [4.78, 5) is 4.27. The Kier molecular flexibility index (Phi) is 3.72. The van der Waals surface area contributed by atoms with Crippen molar-refractivity contribution in [2.24, 2.45) is 0 Å². The van der Waals surface area contributed by atoms with Gasteiger partial charge in [-0.15, -0.1) is 0 Å². The van der Waals surface area contributed by atoms with Gasteiger partial charge in [-0.05, 0) is 12.5 Å². The van der Waals surface area contributed by atoms with E-state index in [-0.39, 0.29) is 6.10 Å². The molecule has 0 fully saturated rings. The molecule has 0 aromatic rings. The van der Waals surface area contributed by atoms with E-state index in [2.05, 4.69) is 11.5 Å². The van der Waals surface area contributed by atoms with Gasteiger partial charge in [0.25, 0.3) is 0 Å². The quantitative estimate of drug-likeness (QED) is 0.289. The van der Waals surface area contributed by atoms with Crippen molar-refractivity contribution in [2.45, 2.75) is 13.0 Å². The van der Waals surface area contributed by atoms with Gasteiger partial charge in [0.2, 0.25) is 0 Å². The maximum absolute atomic E-state index is 8.49. The predicted molar refractivity (Wildman–Crippen MR) is 45.2 cm³/mol. The van der Waals surface area contributed by atoms with Gasteiger partial charge in [-0.25, -0.2) is 4.89 Å². The van der Waals surface area contributed by atoms with E-state index in [4.69, 9.17) is 5.26 Å². The molecule has 66 valence electrons. The average molecular weight is 160 g/mol. The lowest BCUT2D eigenvalue weighted by molar-refractivity contribution is -0.874. The Labute approximate surface area is 68.4 Å². The van der Waals surface area contributed by atoms with Crippen molar-refractivity contribution in [2.75, 3.05) is 27.7 Å². The van der Waals surface area contributed by atoms with Crippen LogP contribution >= 0.6 is 0 Å². The molecule has 1 N–H and O–H groups in total. The summed E-state index contributed by atoms with van der Waals surface area (Å²) >= 11 is 0. The molecule has 1 unspecified atom stereocenters. The molecule has 3 heteroatoms. The van der Waals surface area contributed by atoms with E-state index in [1.807, 2.05) is 28.1 Å². The van der Waals surface area contributed by atoms with Crippen LogP contribution in [-0.2, 0) is 4.89 Å². The highest BCUT2D eigenvalue weighted by Gasteiger charge is 2.18. The first-order valence-electron chi connectivity index (χ1n) is 3.63. The van der Waals surface area contributed by atoms with Crippen LogP contribution in [0.5, 0.6) is 0 Å². The van der Waals surface area contributed by atoms with Gasteiger partial charge in [0.15, 0.2) is 6.10 Å². The van der Waals surface area contributed by atoms with Gasteiger partial charge < -0.3 is 4.48 Å². The minimum Gasteiger partial charge on any atom is -0.328 e. The van der Waals surface area contributed by atoms with Gasteiger partial charge in [-0.3, -0.25) is 5.26 Å². The fraction of sp³-hybridized carbons (Fsp3) is 0.750. The van der Waals surface area contributed by atoms with Crippen LogP contribution in [0, 0.1) is 0 Å². The smallest absolute Gasteiger partial charge is 0.162 e. The maximum atomic E-state index is 8.49. The fourth-order valence-electron chi connectivity index (χ4n) is 0.777. The molecule has 0 bridgehead atoms. The van der Waals surface area contributed by atoms with Crippen LogP contribution in [0.15, 0.2) is 12.2 Å². The van der Waals surface area contributed by atoms with Crippen LogP contribution in [0.4, 0.5) is 0 Å². The van der Waals surface area contributed by atoms with E-state index < -0.39 is 0 Å². The fourth-order valence-corrected chi connectivity index (χ4v) is 0.777. The molecule has 0 aliphatic carbocycles. The van der Waals surface area contributed by atoms with Gasteiger partial charge in [-0.1, -0.05) is 6.58 Å². The normalized spacial score (nSPS) is 14.6. The Balaban J connectivity index is 3.99. The molecule has 3 nitrogen and oxygen atoms in total. The number of quaternary nitrogens is 1. The minimum atomic E-state index is -0.255. The van der Waals surface area contributed by atoms with Crippen molar-refractivity contribution >= 4 is 0 Å². The second-order valence-electron chi connectivity index (χ2n) is 3.91. The molecule has 0 aromatic carbocycles. The third-order valence-electron chi connectivity index (χ3n) is 1.39. The van der Waals surface area contributed by atoms with Crippen molar-refractivity contribution in [3.05, 3.63) is 12.2 Å². The van der Waals surface area contributed by atoms with Crippen LogP contribution in [-0.4, -0.2) is 43.5 Å². The Morgan fingerprint density at radius 3 is 2.09 bits per heavy atom. The first kappa shape index (κ1) is 10.6. The lowest BCUT2D eigenvalue weighted by Gasteiger charge is -2.27. The van der Waals surface area contributed by atoms with E-state index >= 15 is 0 Å². The molecule has 11 heavy (non-hydrogen) atoms. The summed E-state index contributed by atoms with van der Waals surface area (Å²) in [5.41, 5.74) is 0.848. The highest BCUT2D eigenvalue weighted by Crippen LogP contribution is 2.06. The van der Waals surface area contributed by atoms with Gasteiger partial charge in [-0.2, -0.15) is 0 Å².